The average Bonchev–Trinajstić information content (AvgIpc) is 2.62. The van der Waals surface area contributed by atoms with Gasteiger partial charge in [0.1, 0.15) is 0 Å². The molecule has 0 unspecified atom stereocenters. The Morgan fingerprint density at radius 1 is 1.58 bits per heavy atom. The van der Waals surface area contributed by atoms with Crippen molar-refractivity contribution < 1.29 is 5.11 Å². The van der Waals surface area contributed by atoms with E-state index in [-0.39, 0.29) is 6.61 Å². The fraction of sp³-hybridized carbons (Fsp3) is 0.545. The predicted molar refractivity (Wildman–Crippen MR) is 50.8 cm³/mol. The zero-order chi connectivity index (χ0) is 9.14. The largest absolute Gasteiger partial charge is 0.396 e. The van der Waals surface area contributed by atoms with Crippen LogP contribution in [-0.4, -0.2) is 11.7 Å². The maximum Gasteiger partial charge on any atom is 0.0511 e. The molecule has 1 aliphatic rings. The summed E-state index contributed by atoms with van der Waals surface area (Å²) in [5, 5.41) is 8.98. The normalized spacial score (nSPS) is 27.5. The summed E-state index contributed by atoms with van der Waals surface area (Å²) in [5.41, 5.74) is 5.72. The van der Waals surface area contributed by atoms with E-state index in [9.17, 15) is 0 Å². The van der Waals surface area contributed by atoms with Gasteiger partial charge >= 0.3 is 0 Å². The molecule has 1 nitrogen and oxygen atoms in total. The molecule has 12 heavy (non-hydrogen) atoms. The van der Waals surface area contributed by atoms with E-state index in [1.807, 2.05) is 26.8 Å². The molecule has 1 aliphatic carbocycles. The highest BCUT2D eigenvalue weighted by molar-refractivity contribution is 5.35. The molecule has 0 aliphatic heterocycles. The van der Waals surface area contributed by atoms with Crippen molar-refractivity contribution in [2.75, 3.05) is 6.61 Å². The van der Waals surface area contributed by atoms with Crippen molar-refractivity contribution in [1.29, 1.82) is 0 Å². The third kappa shape index (κ3) is 1.88. The standard InChI is InChI=1S/C11H16O/c1-4-5-9-10(6-8(2)3)11(9)7-12/h4-5,9,11-12H,7H2,1-3H3/b5-4+/t9-,11+/m1/s1. The molecule has 0 heterocycles. The summed E-state index contributed by atoms with van der Waals surface area (Å²) in [4.78, 5) is 0. The van der Waals surface area contributed by atoms with E-state index in [2.05, 4.69) is 11.8 Å². The molecule has 1 fully saturated rings. The molecule has 0 aromatic heterocycles. The Balaban J connectivity index is 2.78. The Labute approximate surface area is 74.1 Å². The van der Waals surface area contributed by atoms with Crippen molar-refractivity contribution >= 4 is 0 Å². The fourth-order valence-electron chi connectivity index (χ4n) is 1.46. The van der Waals surface area contributed by atoms with Gasteiger partial charge in [-0.3, -0.25) is 0 Å². The Morgan fingerprint density at radius 2 is 2.25 bits per heavy atom. The first-order chi connectivity index (χ1) is 5.70. The van der Waals surface area contributed by atoms with Crippen molar-refractivity contribution in [3.8, 4) is 0 Å². The molecule has 0 aromatic carbocycles. The van der Waals surface area contributed by atoms with Crippen molar-refractivity contribution in [2.45, 2.75) is 20.8 Å². The summed E-state index contributed by atoms with van der Waals surface area (Å²) in [6, 6.07) is 0. The van der Waals surface area contributed by atoms with Crippen LogP contribution in [0.4, 0.5) is 0 Å². The number of aliphatic hydroxyl groups excluding tert-OH is 1. The van der Waals surface area contributed by atoms with Gasteiger partial charge in [-0.1, -0.05) is 12.2 Å². The molecule has 1 saturated carbocycles. The number of hydrogen-bond donors (Lipinski definition) is 1. The minimum Gasteiger partial charge on any atom is -0.396 e. The third-order valence-corrected chi connectivity index (χ3v) is 2.07. The monoisotopic (exact) mass is 164 g/mol. The molecule has 66 valence electrons. The van der Waals surface area contributed by atoms with Gasteiger partial charge in [0.25, 0.3) is 0 Å². The number of rotatable bonds is 2. The van der Waals surface area contributed by atoms with Gasteiger partial charge in [-0.15, -0.1) is 5.73 Å². The molecule has 0 aromatic rings. The van der Waals surface area contributed by atoms with Crippen LogP contribution in [0.25, 0.3) is 0 Å². The first-order valence-corrected chi connectivity index (χ1v) is 4.38. The van der Waals surface area contributed by atoms with E-state index in [1.165, 1.54) is 11.1 Å². The predicted octanol–water partition coefficient (Wildman–Crippen LogP) is 2.29. The van der Waals surface area contributed by atoms with Gasteiger partial charge in [0.05, 0.1) is 6.61 Å². The lowest BCUT2D eigenvalue weighted by atomic mass is 10.3. The molecule has 0 saturated heterocycles. The Kier molecular flexibility index (Phi) is 2.91. The zero-order valence-corrected chi connectivity index (χ0v) is 7.96. The topological polar surface area (TPSA) is 20.2 Å². The summed E-state index contributed by atoms with van der Waals surface area (Å²) in [7, 11) is 0. The maximum absolute atomic E-state index is 8.98. The van der Waals surface area contributed by atoms with Crippen LogP contribution in [0.2, 0.25) is 0 Å². The fourth-order valence-corrected chi connectivity index (χ4v) is 1.46. The maximum atomic E-state index is 8.98. The molecule has 0 bridgehead atoms. The zero-order valence-electron chi connectivity index (χ0n) is 7.96. The molecule has 0 spiro atoms. The highest BCUT2D eigenvalue weighted by atomic mass is 16.3. The second kappa shape index (κ2) is 3.75. The van der Waals surface area contributed by atoms with Crippen LogP contribution < -0.4 is 0 Å². The van der Waals surface area contributed by atoms with Crippen molar-refractivity contribution in [3.63, 3.8) is 0 Å². The third-order valence-electron chi connectivity index (χ3n) is 2.07. The van der Waals surface area contributed by atoms with Crippen LogP contribution in [0.1, 0.15) is 20.8 Å². The Bertz CT molecular complexity index is 250. The van der Waals surface area contributed by atoms with Crippen molar-refractivity contribution in [2.24, 2.45) is 11.8 Å². The number of hydrogen-bond acceptors (Lipinski definition) is 1. The lowest BCUT2D eigenvalue weighted by molar-refractivity contribution is 0.276. The average molecular weight is 164 g/mol. The summed E-state index contributed by atoms with van der Waals surface area (Å²) < 4.78 is 0. The highest BCUT2D eigenvalue weighted by Gasteiger charge is 2.41. The van der Waals surface area contributed by atoms with E-state index < -0.39 is 0 Å². The van der Waals surface area contributed by atoms with E-state index >= 15 is 0 Å². The molecule has 0 radical (unpaired) electrons. The molecule has 2 atom stereocenters. The SMILES string of the molecule is C/C=C/[C@@H]1C(=C=C(C)C)[C@H]1CO. The van der Waals surface area contributed by atoms with Crippen molar-refractivity contribution in [1.82, 2.24) is 0 Å². The summed E-state index contributed by atoms with van der Waals surface area (Å²) in [6.45, 7) is 6.33. The molecule has 0 amide bonds. The summed E-state index contributed by atoms with van der Waals surface area (Å²) in [5.74, 6) is 0.797. The summed E-state index contributed by atoms with van der Waals surface area (Å²) >= 11 is 0. The van der Waals surface area contributed by atoms with Gasteiger partial charge in [0.2, 0.25) is 0 Å². The molecular weight excluding hydrogens is 148 g/mol. The first-order valence-electron chi connectivity index (χ1n) is 4.38. The van der Waals surface area contributed by atoms with Crippen LogP contribution in [0.5, 0.6) is 0 Å². The second-order valence-corrected chi connectivity index (χ2v) is 3.42. The van der Waals surface area contributed by atoms with Gasteiger partial charge in [-0.05, 0) is 31.9 Å². The highest BCUT2D eigenvalue weighted by Crippen LogP contribution is 2.45. The quantitative estimate of drug-likeness (QED) is 0.490. The van der Waals surface area contributed by atoms with Gasteiger partial charge < -0.3 is 5.11 Å². The van der Waals surface area contributed by atoms with E-state index in [0.29, 0.717) is 11.8 Å². The van der Waals surface area contributed by atoms with E-state index in [4.69, 9.17) is 5.11 Å². The minimum atomic E-state index is 0.255. The first kappa shape index (κ1) is 9.31. The van der Waals surface area contributed by atoms with Gasteiger partial charge in [0, 0.05) is 11.8 Å². The van der Waals surface area contributed by atoms with Gasteiger partial charge in [-0.2, -0.15) is 0 Å². The van der Waals surface area contributed by atoms with Crippen LogP contribution in [-0.2, 0) is 0 Å². The van der Waals surface area contributed by atoms with Gasteiger partial charge in [-0.25, -0.2) is 0 Å². The van der Waals surface area contributed by atoms with Crippen LogP contribution in [0.15, 0.2) is 29.0 Å². The van der Waals surface area contributed by atoms with E-state index in [0.717, 1.165) is 0 Å². The lowest BCUT2D eigenvalue weighted by Crippen LogP contribution is -1.85. The minimum absolute atomic E-state index is 0.255. The molecular formula is C11H16O. The molecule has 1 N–H and O–H groups in total. The van der Waals surface area contributed by atoms with E-state index in [1.54, 1.807) is 0 Å². The number of aliphatic hydroxyl groups is 1. The lowest BCUT2D eigenvalue weighted by Gasteiger charge is -1.81. The molecule has 1 heteroatoms. The van der Waals surface area contributed by atoms with Gasteiger partial charge in [0.15, 0.2) is 0 Å². The molecule has 1 rings (SSSR count). The number of allylic oxidation sites excluding steroid dienone is 2. The van der Waals surface area contributed by atoms with Crippen LogP contribution >= 0.6 is 0 Å². The van der Waals surface area contributed by atoms with Crippen LogP contribution in [0, 0.1) is 11.8 Å². The Hall–Kier alpha value is -0.780. The Morgan fingerprint density at radius 3 is 2.67 bits per heavy atom. The van der Waals surface area contributed by atoms with Crippen LogP contribution in [0.3, 0.4) is 0 Å². The smallest absolute Gasteiger partial charge is 0.0511 e. The summed E-state index contributed by atoms with van der Waals surface area (Å²) in [6.07, 6.45) is 4.17. The van der Waals surface area contributed by atoms with Crippen molar-refractivity contribution in [3.05, 3.63) is 29.0 Å². The second-order valence-electron chi connectivity index (χ2n) is 3.42.